The van der Waals surface area contributed by atoms with E-state index >= 15 is 0 Å². The Balaban J connectivity index is 1.83. The van der Waals surface area contributed by atoms with E-state index in [1.165, 1.54) is 12.2 Å². The van der Waals surface area contributed by atoms with Crippen molar-refractivity contribution in [3.8, 4) is 0 Å². The van der Waals surface area contributed by atoms with Crippen molar-refractivity contribution in [2.45, 2.75) is 18.9 Å². The number of carbonyl (C=O) groups excluding carboxylic acids is 2. The van der Waals surface area contributed by atoms with E-state index < -0.39 is 44.6 Å². The molecule has 0 unspecified atom stereocenters. The van der Waals surface area contributed by atoms with Crippen LogP contribution >= 0.6 is 0 Å². The van der Waals surface area contributed by atoms with E-state index in [-0.39, 0.29) is 6.42 Å². The SMILES string of the molecule is N[C@@H](CCC(=O)OS(=O)(=O)C=Cc1ccccc1)C(=O)OS(=O)(=O)C=Cc1ccccc1. The molecule has 0 aliphatic rings. The molecule has 32 heavy (non-hydrogen) atoms. The van der Waals surface area contributed by atoms with Gasteiger partial charge in [0.25, 0.3) is 0 Å². The molecule has 170 valence electrons. The van der Waals surface area contributed by atoms with E-state index in [0.29, 0.717) is 16.5 Å². The largest absolute Gasteiger partial charge is 0.343 e. The van der Waals surface area contributed by atoms with Crippen LogP contribution < -0.4 is 5.73 Å². The molecule has 1 atom stereocenters. The molecule has 0 amide bonds. The molecule has 0 saturated heterocycles. The molecule has 0 bridgehead atoms. The second kappa shape index (κ2) is 11.4. The van der Waals surface area contributed by atoms with Gasteiger partial charge in [-0.1, -0.05) is 60.7 Å². The summed E-state index contributed by atoms with van der Waals surface area (Å²) in [5, 5.41) is 1.42. The minimum Gasteiger partial charge on any atom is -0.343 e. The fourth-order valence-electron chi connectivity index (χ4n) is 2.25. The number of carbonyl (C=O) groups is 2. The third-order valence-electron chi connectivity index (χ3n) is 3.82. The molecule has 0 saturated carbocycles. The Morgan fingerprint density at radius 1 is 0.781 bits per heavy atom. The predicted molar refractivity (Wildman–Crippen MR) is 118 cm³/mol. The topological polar surface area (TPSA) is 147 Å². The molecule has 0 aliphatic carbocycles. The summed E-state index contributed by atoms with van der Waals surface area (Å²) in [5.74, 6) is -2.44. The number of hydrogen-bond donors (Lipinski definition) is 1. The van der Waals surface area contributed by atoms with E-state index in [9.17, 15) is 26.4 Å². The average Bonchev–Trinajstić information content (AvgIpc) is 2.75. The molecule has 0 aliphatic heterocycles. The van der Waals surface area contributed by atoms with Gasteiger partial charge in [-0.3, -0.25) is 4.79 Å². The Morgan fingerprint density at radius 3 is 1.69 bits per heavy atom. The van der Waals surface area contributed by atoms with E-state index in [2.05, 4.69) is 8.37 Å². The molecule has 2 aromatic carbocycles. The fraction of sp³-hybridized carbons (Fsp3) is 0.143. The second-order valence-electron chi connectivity index (χ2n) is 6.42. The van der Waals surface area contributed by atoms with Gasteiger partial charge in [-0.05, 0) is 29.7 Å². The summed E-state index contributed by atoms with van der Waals surface area (Å²) in [6.45, 7) is 0. The summed E-state index contributed by atoms with van der Waals surface area (Å²) in [7, 11) is -8.66. The summed E-state index contributed by atoms with van der Waals surface area (Å²) in [6, 6.07) is 15.4. The van der Waals surface area contributed by atoms with E-state index in [1.807, 2.05) is 0 Å². The lowest BCUT2D eigenvalue weighted by molar-refractivity contribution is -0.136. The molecule has 11 heteroatoms. The van der Waals surface area contributed by atoms with Crippen molar-refractivity contribution in [3.05, 3.63) is 82.6 Å². The number of benzene rings is 2. The molecule has 2 aromatic rings. The molecule has 9 nitrogen and oxygen atoms in total. The highest BCUT2D eigenvalue weighted by Crippen LogP contribution is 2.09. The second-order valence-corrected chi connectivity index (χ2v) is 9.26. The minimum absolute atomic E-state index is 0.381. The number of nitrogens with two attached hydrogens (primary N) is 1. The van der Waals surface area contributed by atoms with Crippen LogP contribution in [-0.2, 0) is 38.2 Å². The molecule has 0 heterocycles. The standard InChI is InChI=1S/C21H21NO8S2/c22-19(21(24)30-32(27,28)16-14-18-9-5-2-6-10-18)11-12-20(23)29-31(25,26)15-13-17-7-3-1-4-8-17/h1-10,13-16,19H,11-12,22H2/t19-/m0/s1. The van der Waals surface area contributed by atoms with Gasteiger partial charge >= 0.3 is 32.2 Å². The lowest BCUT2D eigenvalue weighted by Crippen LogP contribution is -2.34. The van der Waals surface area contributed by atoms with Gasteiger partial charge in [0, 0.05) is 6.42 Å². The van der Waals surface area contributed by atoms with Crippen molar-refractivity contribution in [1.82, 2.24) is 0 Å². The Hall–Kier alpha value is -3.28. The van der Waals surface area contributed by atoms with Crippen LogP contribution in [0.1, 0.15) is 24.0 Å². The van der Waals surface area contributed by atoms with Crippen molar-refractivity contribution in [3.63, 3.8) is 0 Å². The number of hydrogen-bond acceptors (Lipinski definition) is 9. The lowest BCUT2D eigenvalue weighted by atomic mass is 10.2. The Labute approximate surface area is 186 Å². The normalized spacial score (nSPS) is 13.2. The molecular weight excluding hydrogens is 458 g/mol. The first kappa shape index (κ1) is 25.0. The first-order valence-electron chi connectivity index (χ1n) is 9.24. The summed E-state index contributed by atoms with van der Waals surface area (Å²) < 4.78 is 56.2. The molecule has 2 rings (SSSR count). The highest BCUT2D eigenvalue weighted by atomic mass is 32.2. The lowest BCUT2D eigenvalue weighted by Gasteiger charge is -2.09. The van der Waals surface area contributed by atoms with E-state index in [4.69, 9.17) is 5.73 Å². The van der Waals surface area contributed by atoms with Gasteiger partial charge in [0.05, 0.1) is 10.8 Å². The first-order valence-corrected chi connectivity index (χ1v) is 12.2. The van der Waals surface area contributed by atoms with Crippen LogP contribution in [-0.4, -0.2) is 34.8 Å². The third kappa shape index (κ3) is 9.25. The van der Waals surface area contributed by atoms with Gasteiger partial charge in [-0.15, -0.1) is 0 Å². The zero-order chi connectivity index (χ0) is 23.6. The first-order chi connectivity index (χ1) is 15.1. The zero-order valence-corrected chi connectivity index (χ0v) is 18.4. The maximum atomic E-state index is 11.9. The Bertz CT molecular complexity index is 1190. The van der Waals surface area contributed by atoms with Crippen LogP contribution in [0.15, 0.2) is 71.5 Å². The van der Waals surface area contributed by atoms with Gasteiger partial charge in [0.2, 0.25) is 0 Å². The fourth-order valence-corrected chi connectivity index (χ4v) is 3.70. The van der Waals surface area contributed by atoms with Crippen LogP contribution in [0, 0.1) is 0 Å². The smallest absolute Gasteiger partial charge is 0.339 e. The van der Waals surface area contributed by atoms with Crippen molar-refractivity contribution < 1.29 is 34.8 Å². The van der Waals surface area contributed by atoms with Gasteiger partial charge in [-0.25, -0.2) is 4.79 Å². The zero-order valence-electron chi connectivity index (χ0n) is 16.7. The van der Waals surface area contributed by atoms with Crippen molar-refractivity contribution in [1.29, 1.82) is 0 Å². The van der Waals surface area contributed by atoms with Crippen LogP contribution in [0.5, 0.6) is 0 Å². The molecule has 0 fully saturated rings. The summed E-state index contributed by atoms with van der Waals surface area (Å²) in [6.07, 6.45) is 1.56. The van der Waals surface area contributed by atoms with Gasteiger partial charge in [0.1, 0.15) is 6.04 Å². The van der Waals surface area contributed by atoms with Crippen LogP contribution in [0.4, 0.5) is 0 Å². The average molecular weight is 480 g/mol. The monoisotopic (exact) mass is 479 g/mol. The minimum atomic E-state index is -4.36. The Kier molecular flexibility index (Phi) is 8.88. The van der Waals surface area contributed by atoms with Crippen molar-refractivity contribution in [2.24, 2.45) is 5.73 Å². The highest BCUT2D eigenvalue weighted by molar-refractivity contribution is 7.90. The van der Waals surface area contributed by atoms with Gasteiger partial charge < -0.3 is 14.1 Å². The van der Waals surface area contributed by atoms with E-state index in [1.54, 1.807) is 60.7 Å². The molecular formula is C21H21NO8S2. The third-order valence-corrected chi connectivity index (χ3v) is 5.58. The maximum Gasteiger partial charge on any atom is 0.339 e. The van der Waals surface area contributed by atoms with Crippen molar-refractivity contribution in [2.75, 3.05) is 0 Å². The van der Waals surface area contributed by atoms with Gasteiger partial charge in [-0.2, -0.15) is 16.8 Å². The highest BCUT2D eigenvalue weighted by Gasteiger charge is 2.23. The Morgan fingerprint density at radius 2 is 1.22 bits per heavy atom. The van der Waals surface area contributed by atoms with Crippen LogP contribution in [0.3, 0.4) is 0 Å². The molecule has 2 N–H and O–H groups in total. The van der Waals surface area contributed by atoms with Gasteiger partial charge in [0.15, 0.2) is 0 Å². The molecule has 0 spiro atoms. The van der Waals surface area contributed by atoms with Crippen LogP contribution in [0.25, 0.3) is 12.2 Å². The summed E-state index contributed by atoms with van der Waals surface area (Å²) in [4.78, 5) is 23.7. The van der Waals surface area contributed by atoms with E-state index in [0.717, 1.165) is 5.41 Å². The predicted octanol–water partition coefficient (Wildman–Crippen LogP) is 2.18. The quantitative estimate of drug-likeness (QED) is 0.506. The summed E-state index contributed by atoms with van der Waals surface area (Å²) in [5.41, 5.74) is 6.70. The summed E-state index contributed by atoms with van der Waals surface area (Å²) >= 11 is 0. The van der Waals surface area contributed by atoms with Crippen LogP contribution in [0.2, 0.25) is 0 Å². The van der Waals surface area contributed by atoms with Crippen molar-refractivity contribution >= 4 is 44.3 Å². The molecule has 0 aromatic heterocycles. The molecule has 0 radical (unpaired) electrons. The maximum absolute atomic E-state index is 11.9. The number of rotatable bonds is 10.